The van der Waals surface area contributed by atoms with Crippen molar-refractivity contribution in [1.29, 1.82) is 0 Å². The molecule has 0 radical (unpaired) electrons. The number of hydrogen-bond acceptors (Lipinski definition) is 2. The van der Waals surface area contributed by atoms with E-state index < -0.39 is 13.3 Å². The van der Waals surface area contributed by atoms with Crippen LogP contribution in [0.15, 0.2) is 10.0 Å². The van der Waals surface area contributed by atoms with Crippen molar-refractivity contribution in [3.8, 4) is 0 Å². The molecule has 0 saturated heterocycles. The molecular formula is C10H12BF3KN3S. The van der Waals surface area contributed by atoms with Gasteiger partial charge in [0.15, 0.2) is 0 Å². The Morgan fingerprint density at radius 1 is 1.16 bits per heavy atom. The summed E-state index contributed by atoms with van der Waals surface area (Å²) < 4.78 is 37.8. The first kappa shape index (κ1) is 19.4. The summed E-state index contributed by atoms with van der Waals surface area (Å²) in [5.74, 6) is 0. The third kappa shape index (κ3) is 4.70. The number of rotatable bonds is 3. The fourth-order valence-electron chi connectivity index (χ4n) is 1.97. The summed E-state index contributed by atoms with van der Waals surface area (Å²) in [6.45, 7) is -0.133. The second-order valence-electron chi connectivity index (χ2n) is 4.15. The van der Waals surface area contributed by atoms with Gasteiger partial charge in [-0.05, 0) is 43.0 Å². The molecule has 0 aliphatic carbocycles. The van der Waals surface area contributed by atoms with Crippen LogP contribution in [0.5, 0.6) is 0 Å². The van der Waals surface area contributed by atoms with Crippen molar-refractivity contribution in [2.75, 3.05) is 0 Å². The summed E-state index contributed by atoms with van der Waals surface area (Å²) in [5, 5.41) is 3.47. The molecule has 1 aromatic rings. The van der Waals surface area contributed by atoms with Gasteiger partial charge in [-0.15, -0.1) is 12.6 Å². The molecule has 0 atom stereocenters. The van der Waals surface area contributed by atoms with Crippen LogP contribution in [-0.4, -0.2) is 6.98 Å². The van der Waals surface area contributed by atoms with Gasteiger partial charge >= 0.3 is 58.4 Å². The Morgan fingerprint density at radius 2 is 1.68 bits per heavy atom. The Balaban J connectivity index is 0.00000324. The van der Waals surface area contributed by atoms with Gasteiger partial charge in [-0.25, -0.2) is 0 Å². The average Bonchev–Trinajstić information content (AvgIpc) is 2.26. The number of azide groups is 1. The van der Waals surface area contributed by atoms with Gasteiger partial charge in [-0.1, -0.05) is 17.0 Å². The van der Waals surface area contributed by atoms with E-state index in [2.05, 4.69) is 22.7 Å². The standard InChI is InChI=1S/C10H12BF3N3S.K/c1-5-8(4-11(12,13)14)6(2)10(18)7(3)9(5)16-17-15;/h18H,4H2,1-3H3;/q-1;+1. The van der Waals surface area contributed by atoms with E-state index in [0.29, 0.717) is 21.6 Å². The van der Waals surface area contributed by atoms with Crippen LogP contribution in [0.1, 0.15) is 22.3 Å². The molecule has 0 bridgehead atoms. The first-order chi connectivity index (χ1) is 8.19. The van der Waals surface area contributed by atoms with Crippen LogP contribution in [0.25, 0.3) is 10.4 Å². The Bertz CT molecular complexity index is 542. The maximum Gasteiger partial charge on any atom is 1.00 e. The largest absolute Gasteiger partial charge is 1.00 e. The molecule has 0 N–H and O–H groups in total. The van der Waals surface area contributed by atoms with Crippen LogP contribution < -0.4 is 51.4 Å². The fourth-order valence-corrected chi connectivity index (χ4v) is 2.21. The van der Waals surface area contributed by atoms with Crippen molar-refractivity contribution >= 4 is 25.3 Å². The molecule has 1 rings (SSSR count). The molecule has 0 aromatic heterocycles. The molecule has 0 aliphatic heterocycles. The average molecular weight is 313 g/mol. The maximum atomic E-state index is 12.6. The fraction of sp³-hybridized carbons (Fsp3) is 0.400. The second kappa shape index (κ2) is 7.40. The zero-order valence-corrected chi connectivity index (χ0v) is 15.2. The smallest absolute Gasteiger partial charge is 0.449 e. The molecule has 0 amide bonds. The molecule has 0 heterocycles. The van der Waals surface area contributed by atoms with Gasteiger partial charge in [0.2, 0.25) is 0 Å². The van der Waals surface area contributed by atoms with Gasteiger partial charge in [0.25, 0.3) is 0 Å². The number of nitrogens with zero attached hydrogens (tertiary/aromatic N) is 3. The van der Waals surface area contributed by atoms with Crippen molar-refractivity contribution in [3.05, 3.63) is 32.7 Å². The summed E-state index contributed by atoms with van der Waals surface area (Å²) in [4.78, 5) is 3.09. The minimum Gasteiger partial charge on any atom is -0.449 e. The summed E-state index contributed by atoms with van der Waals surface area (Å²) in [6, 6.07) is 0. The zero-order chi connectivity index (χ0) is 14.1. The number of hydrogen-bond donors (Lipinski definition) is 1. The summed E-state index contributed by atoms with van der Waals surface area (Å²) in [5.41, 5.74) is 10.3. The van der Waals surface area contributed by atoms with Crippen molar-refractivity contribution in [2.45, 2.75) is 32.0 Å². The molecule has 0 saturated carbocycles. The molecule has 1 aromatic carbocycles. The topological polar surface area (TPSA) is 48.8 Å². The SMILES string of the molecule is Cc1c(S)c(C)c(N=[N+]=[N-])c(C)c1C[B-](F)(F)F.[K+]. The molecular weight excluding hydrogens is 301 g/mol. The molecule has 9 heteroatoms. The number of halogens is 3. The molecule has 0 aliphatic rings. The van der Waals surface area contributed by atoms with E-state index >= 15 is 0 Å². The van der Waals surface area contributed by atoms with Crippen molar-refractivity contribution < 1.29 is 64.3 Å². The monoisotopic (exact) mass is 313 g/mol. The zero-order valence-electron chi connectivity index (χ0n) is 11.2. The van der Waals surface area contributed by atoms with Crippen LogP contribution in [0.3, 0.4) is 0 Å². The van der Waals surface area contributed by atoms with Crippen LogP contribution in [-0.2, 0) is 6.32 Å². The van der Waals surface area contributed by atoms with Crippen molar-refractivity contribution in [3.63, 3.8) is 0 Å². The number of thiol groups is 1. The maximum absolute atomic E-state index is 12.6. The third-order valence-corrected chi connectivity index (χ3v) is 3.58. The van der Waals surface area contributed by atoms with Gasteiger partial charge in [0.05, 0.1) is 0 Å². The van der Waals surface area contributed by atoms with E-state index in [1.165, 1.54) is 6.92 Å². The quantitative estimate of drug-likeness (QED) is 0.291. The minimum atomic E-state index is -4.94. The normalized spacial score (nSPS) is 10.7. The van der Waals surface area contributed by atoms with Gasteiger partial charge in [-0.3, -0.25) is 0 Å². The third-order valence-electron chi connectivity index (χ3n) is 2.91. The Morgan fingerprint density at radius 3 is 2.11 bits per heavy atom. The van der Waals surface area contributed by atoms with Gasteiger partial charge < -0.3 is 12.9 Å². The predicted octanol–water partition coefficient (Wildman–Crippen LogP) is 1.78. The van der Waals surface area contributed by atoms with E-state index in [9.17, 15) is 12.9 Å². The Labute approximate surface area is 157 Å². The Hall–Kier alpha value is 0.371. The van der Waals surface area contributed by atoms with Crippen LogP contribution in [0.2, 0.25) is 0 Å². The number of benzene rings is 1. The second-order valence-corrected chi connectivity index (χ2v) is 4.60. The Kier molecular flexibility index (Phi) is 7.54. The molecule has 3 nitrogen and oxygen atoms in total. The van der Waals surface area contributed by atoms with Crippen molar-refractivity contribution in [1.82, 2.24) is 0 Å². The first-order valence-corrected chi connectivity index (χ1v) is 5.71. The minimum absolute atomic E-state index is 0. The molecule has 98 valence electrons. The van der Waals surface area contributed by atoms with E-state index in [4.69, 9.17) is 5.53 Å². The molecule has 19 heavy (non-hydrogen) atoms. The predicted molar refractivity (Wildman–Crippen MR) is 69.5 cm³/mol. The van der Waals surface area contributed by atoms with Gasteiger partial charge in [-0.2, -0.15) is 0 Å². The van der Waals surface area contributed by atoms with E-state index in [0.717, 1.165) is 0 Å². The van der Waals surface area contributed by atoms with Gasteiger partial charge in [0, 0.05) is 15.5 Å². The van der Waals surface area contributed by atoms with Crippen molar-refractivity contribution in [2.24, 2.45) is 5.11 Å². The summed E-state index contributed by atoms with van der Waals surface area (Å²) in [7, 11) is 0. The molecule has 0 fully saturated rings. The molecule has 0 unspecified atom stereocenters. The van der Waals surface area contributed by atoms with Crippen LogP contribution >= 0.6 is 12.6 Å². The summed E-state index contributed by atoms with van der Waals surface area (Å²) in [6.07, 6.45) is -0.987. The summed E-state index contributed by atoms with van der Waals surface area (Å²) >= 11 is 4.20. The van der Waals surface area contributed by atoms with Crippen LogP contribution in [0, 0.1) is 20.8 Å². The molecule has 0 spiro atoms. The first-order valence-electron chi connectivity index (χ1n) is 5.26. The van der Waals surface area contributed by atoms with E-state index in [-0.39, 0.29) is 62.6 Å². The van der Waals surface area contributed by atoms with Crippen LogP contribution in [0.4, 0.5) is 18.6 Å². The van der Waals surface area contributed by atoms with E-state index in [1.807, 2.05) is 0 Å². The van der Waals surface area contributed by atoms with Gasteiger partial charge in [0.1, 0.15) is 0 Å². The van der Waals surface area contributed by atoms with E-state index in [1.54, 1.807) is 13.8 Å².